The van der Waals surface area contributed by atoms with Crippen LogP contribution in [0.1, 0.15) is 6.42 Å². The van der Waals surface area contributed by atoms with Gasteiger partial charge in [0, 0.05) is 24.5 Å². The number of fused-ring (bicyclic) bond motifs is 1. The predicted octanol–water partition coefficient (Wildman–Crippen LogP) is 1.71. The molecule has 0 bridgehead atoms. The van der Waals surface area contributed by atoms with E-state index in [1.54, 1.807) is 16.8 Å². The van der Waals surface area contributed by atoms with E-state index in [0.717, 1.165) is 15.8 Å². The van der Waals surface area contributed by atoms with Gasteiger partial charge in [-0.1, -0.05) is 15.9 Å². The van der Waals surface area contributed by atoms with Crippen molar-refractivity contribution >= 4 is 39.2 Å². The molecular weight excluding hydrogens is 300 g/mol. The highest BCUT2D eigenvalue weighted by molar-refractivity contribution is 9.10. The van der Waals surface area contributed by atoms with Crippen LogP contribution in [-0.4, -0.2) is 37.1 Å². The van der Waals surface area contributed by atoms with E-state index in [-0.39, 0.29) is 12.5 Å². The van der Waals surface area contributed by atoms with Crippen LogP contribution >= 0.6 is 15.9 Å². The van der Waals surface area contributed by atoms with Crippen molar-refractivity contribution in [2.45, 2.75) is 6.42 Å². The van der Waals surface area contributed by atoms with Gasteiger partial charge in [0.25, 0.3) is 0 Å². The van der Waals surface area contributed by atoms with Crippen molar-refractivity contribution in [1.82, 2.24) is 0 Å². The first-order valence-corrected chi connectivity index (χ1v) is 6.31. The van der Waals surface area contributed by atoms with Crippen LogP contribution in [-0.2, 0) is 9.59 Å². The Hall–Kier alpha value is -1.56. The summed E-state index contributed by atoms with van der Waals surface area (Å²) in [5.41, 5.74) is 1.50. The number of hydrogen-bond acceptors (Lipinski definition) is 3. The van der Waals surface area contributed by atoms with Gasteiger partial charge in [-0.3, -0.25) is 9.59 Å². The zero-order valence-electron chi connectivity index (χ0n) is 9.89. The molecule has 1 N–H and O–H groups in total. The van der Waals surface area contributed by atoms with Crippen molar-refractivity contribution in [2.24, 2.45) is 0 Å². The first-order valence-electron chi connectivity index (χ1n) is 5.52. The Kier molecular flexibility index (Phi) is 3.56. The second-order valence-corrected chi connectivity index (χ2v) is 5.07. The third-order valence-corrected chi connectivity index (χ3v) is 3.43. The third-order valence-electron chi connectivity index (χ3n) is 2.94. The number of benzene rings is 1. The molecule has 2 rings (SSSR count). The normalized spacial score (nSPS) is 15.3. The molecule has 96 valence electrons. The van der Waals surface area contributed by atoms with Gasteiger partial charge in [0.2, 0.25) is 5.91 Å². The van der Waals surface area contributed by atoms with Crippen LogP contribution in [0.25, 0.3) is 0 Å². The molecule has 0 aromatic heterocycles. The van der Waals surface area contributed by atoms with Gasteiger partial charge in [0.15, 0.2) is 0 Å². The third kappa shape index (κ3) is 2.48. The molecule has 1 amide bonds. The summed E-state index contributed by atoms with van der Waals surface area (Å²) in [6.45, 7) is 0.309. The van der Waals surface area contributed by atoms with Crippen molar-refractivity contribution in [2.75, 3.05) is 29.9 Å². The molecule has 0 radical (unpaired) electrons. The molecule has 0 spiro atoms. The van der Waals surface area contributed by atoms with Crippen LogP contribution in [0.15, 0.2) is 22.7 Å². The molecule has 0 saturated heterocycles. The number of rotatable bonds is 2. The minimum Gasteiger partial charge on any atom is -0.480 e. The van der Waals surface area contributed by atoms with Gasteiger partial charge in [0.1, 0.15) is 6.54 Å². The maximum Gasteiger partial charge on any atom is 0.323 e. The standard InChI is InChI=1S/C12H13BrN2O3/c1-14-9-3-2-8(13)6-10(9)15(7-12(17)18)5-4-11(14)16/h2-3,6H,4-5,7H2,1H3,(H,17,18). The number of carboxylic acids is 1. The van der Waals surface area contributed by atoms with Gasteiger partial charge in [0.05, 0.1) is 11.4 Å². The Balaban J connectivity index is 2.47. The van der Waals surface area contributed by atoms with Crippen molar-refractivity contribution in [3.63, 3.8) is 0 Å². The zero-order chi connectivity index (χ0) is 13.3. The van der Waals surface area contributed by atoms with Crippen LogP contribution < -0.4 is 9.80 Å². The molecule has 1 aliphatic heterocycles. The van der Waals surface area contributed by atoms with Crippen LogP contribution in [0.3, 0.4) is 0 Å². The quantitative estimate of drug-likeness (QED) is 0.903. The summed E-state index contributed by atoms with van der Waals surface area (Å²) in [6, 6.07) is 5.50. The molecule has 0 saturated carbocycles. The van der Waals surface area contributed by atoms with Crippen LogP contribution in [0, 0.1) is 0 Å². The average Bonchev–Trinajstić information content (AvgIpc) is 2.41. The number of carboxylic acid groups (broad SMARTS) is 1. The number of nitrogens with zero attached hydrogens (tertiary/aromatic N) is 2. The molecule has 5 nitrogen and oxygen atoms in total. The fourth-order valence-corrected chi connectivity index (χ4v) is 2.36. The summed E-state index contributed by atoms with van der Waals surface area (Å²) < 4.78 is 0.861. The summed E-state index contributed by atoms with van der Waals surface area (Å²) in [6.07, 6.45) is 0.316. The molecule has 0 unspecified atom stereocenters. The first-order chi connectivity index (χ1) is 8.49. The smallest absolute Gasteiger partial charge is 0.323 e. The molecule has 1 aromatic rings. The van der Waals surface area contributed by atoms with Crippen LogP contribution in [0.2, 0.25) is 0 Å². The van der Waals surface area contributed by atoms with Gasteiger partial charge < -0.3 is 14.9 Å². The minimum absolute atomic E-state index is 0.00791. The van der Waals surface area contributed by atoms with Gasteiger partial charge in [-0.2, -0.15) is 0 Å². The molecule has 6 heteroatoms. The van der Waals surface area contributed by atoms with Crippen LogP contribution in [0.5, 0.6) is 0 Å². The van der Waals surface area contributed by atoms with Crippen molar-refractivity contribution in [1.29, 1.82) is 0 Å². The van der Waals surface area contributed by atoms with Crippen LogP contribution in [0.4, 0.5) is 11.4 Å². The van der Waals surface area contributed by atoms with E-state index in [4.69, 9.17) is 5.11 Å². The number of carbonyl (C=O) groups is 2. The minimum atomic E-state index is -0.905. The van der Waals surface area contributed by atoms with E-state index >= 15 is 0 Å². The molecule has 0 atom stereocenters. The lowest BCUT2D eigenvalue weighted by molar-refractivity contribution is -0.135. The second-order valence-electron chi connectivity index (χ2n) is 4.15. The fourth-order valence-electron chi connectivity index (χ4n) is 2.01. The first kappa shape index (κ1) is 12.9. The summed E-state index contributed by atoms with van der Waals surface area (Å²) in [7, 11) is 1.71. The molecular formula is C12H13BrN2O3. The van der Waals surface area contributed by atoms with Crippen molar-refractivity contribution in [3.05, 3.63) is 22.7 Å². The lowest BCUT2D eigenvalue weighted by Crippen LogP contribution is -2.30. The number of halogens is 1. The van der Waals surface area contributed by atoms with Gasteiger partial charge in [-0.15, -0.1) is 0 Å². The summed E-state index contributed by atoms with van der Waals surface area (Å²) in [5.74, 6) is -0.913. The highest BCUT2D eigenvalue weighted by Crippen LogP contribution is 2.34. The fraction of sp³-hybridized carbons (Fsp3) is 0.333. The largest absolute Gasteiger partial charge is 0.480 e. The SMILES string of the molecule is CN1C(=O)CCN(CC(=O)O)c2cc(Br)ccc21. The van der Waals surface area contributed by atoms with E-state index in [9.17, 15) is 9.59 Å². The molecule has 0 aliphatic carbocycles. The molecule has 1 aromatic carbocycles. The maximum absolute atomic E-state index is 11.8. The van der Waals surface area contributed by atoms with E-state index in [2.05, 4.69) is 15.9 Å². The highest BCUT2D eigenvalue weighted by Gasteiger charge is 2.24. The zero-order valence-corrected chi connectivity index (χ0v) is 11.5. The monoisotopic (exact) mass is 312 g/mol. The topological polar surface area (TPSA) is 60.9 Å². The predicted molar refractivity (Wildman–Crippen MR) is 72.0 cm³/mol. The van der Waals surface area contributed by atoms with E-state index < -0.39 is 5.97 Å². The Morgan fingerprint density at radius 1 is 1.44 bits per heavy atom. The highest BCUT2D eigenvalue weighted by atomic mass is 79.9. The van der Waals surface area contributed by atoms with Gasteiger partial charge in [-0.05, 0) is 18.2 Å². The average molecular weight is 313 g/mol. The number of carbonyl (C=O) groups excluding carboxylic acids is 1. The molecule has 1 aliphatic rings. The Bertz CT molecular complexity index is 504. The lowest BCUT2D eigenvalue weighted by Gasteiger charge is -2.23. The molecule has 18 heavy (non-hydrogen) atoms. The lowest BCUT2D eigenvalue weighted by atomic mass is 10.2. The summed E-state index contributed by atoms with van der Waals surface area (Å²) in [5, 5.41) is 8.93. The summed E-state index contributed by atoms with van der Waals surface area (Å²) >= 11 is 3.37. The number of aliphatic carboxylic acids is 1. The van der Waals surface area contributed by atoms with Crippen molar-refractivity contribution < 1.29 is 14.7 Å². The van der Waals surface area contributed by atoms with E-state index in [1.807, 2.05) is 18.2 Å². The maximum atomic E-state index is 11.8. The van der Waals surface area contributed by atoms with E-state index in [0.29, 0.717) is 13.0 Å². The van der Waals surface area contributed by atoms with Crippen molar-refractivity contribution in [3.8, 4) is 0 Å². The number of amides is 1. The molecule has 0 fully saturated rings. The van der Waals surface area contributed by atoms with Gasteiger partial charge >= 0.3 is 5.97 Å². The Morgan fingerprint density at radius 2 is 2.17 bits per heavy atom. The Morgan fingerprint density at radius 3 is 2.83 bits per heavy atom. The second kappa shape index (κ2) is 4.97. The Labute approximate surface area is 113 Å². The van der Waals surface area contributed by atoms with E-state index in [1.165, 1.54) is 0 Å². The van der Waals surface area contributed by atoms with Gasteiger partial charge in [-0.25, -0.2) is 0 Å². The summed E-state index contributed by atoms with van der Waals surface area (Å²) in [4.78, 5) is 26.0. The number of hydrogen-bond donors (Lipinski definition) is 1. The number of anilines is 2. The molecule has 1 heterocycles.